The molecule has 0 atom stereocenters. The molecule has 1 heterocycles. The van der Waals surface area contributed by atoms with Gasteiger partial charge in [-0.15, -0.1) is 0 Å². The maximum Gasteiger partial charge on any atom is 0.224 e. The van der Waals surface area contributed by atoms with Crippen LogP contribution in [0.25, 0.3) is 0 Å². The van der Waals surface area contributed by atoms with Gasteiger partial charge in [-0.3, -0.25) is 0 Å². The number of ether oxygens (including phenoxy) is 1. The molecule has 2 aromatic rings. The lowest BCUT2D eigenvalue weighted by Gasteiger charge is -2.08. The van der Waals surface area contributed by atoms with Crippen LogP contribution >= 0.6 is 0 Å². The van der Waals surface area contributed by atoms with E-state index in [2.05, 4.69) is 20.6 Å². The Kier molecular flexibility index (Phi) is 4.70. The molecule has 0 radical (unpaired) electrons. The summed E-state index contributed by atoms with van der Waals surface area (Å²) < 4.78 is 18.7. The third-order valence-electron chi connectivity index (χ3n) is 2.81. The van der Waals surface area contributed by atoms with Crippen LogP contribution in [0.3, 0.4) is 0 Å². The molecule has 0 aliphatic heterocycles. The summed E-state index contributed by atoms with van der Waals surface area (Å²) in [5, 5.41) is 5.74. The Hall–Kier alpha value is -2.37. The van der Waals surface area contributed by atoms with Crippen molar-refractivity contribution in [3.8, 4) is 5.75 Å². The number of nitrogens with one attached hydrogen (secondary N) is 2. The minimum atomic E-state index is -0.463. The van der Waals surface area contributed by atoms with Crippen molar-refractivity contribution >= 4 is 11.8 Å². The summed E-state index contributed by atoms with van der Waals surface area (Å²) in [6.45, 7) is 0.574. The molecular formula is C14H17FN4O. The van der Waals surface area contributed by atoms with Crippen molar-refractivity contribution in [1.29, 1.82) is 0 Å². The van der Waals surface area contributed by atoms with Gasteiger partial charge in [-0.1, -0.05) is 12.1 Å². The Labute approximate surface area is 117 Å². The van der Waals surface area contributed by atoms with Crippen LogP contribution in [-0.2, 0) is 6.42 Å². The first-order valence-corrected chi connectivity index (χ1v) is 6.30. The largest absolute Gasteiger partial charge is 0.497 e. The quantitative estimate of drug-likeness (QED) is 0.848. The van der Waals surface area contributed by atoms with E-state index in [0.29, 0.717) is 12.5 Å². The zero-order chi connectivity index (χ0) is 14.4. The predicted molar refractivity (Wildman–Crippen MR) is 76.7 cm³/mol. The highest BCUT2D eigenvalue weighted by Gasteiger charge is 2.05. The van der Waals surface area contributed by atoms with Gasteiger partial charge in [0.1, 0.15) is 5.75 Å². The van der Waals surface area contributed by atoms with Crippen LogP contribution in [0.5, 0.6) is 5.75 Å². The molecule has 0 saturated carbocycles. The number of methoxy groups -OCH3 is 1. The number of nitrogens with zero attached hydrogens (tertiary/aromatic N) is 2. The highest BCUT2D eigenvalue weighted by atomic mass is 19.1. The van der Waals surface area contributed by atoms with Gasteiger partial charge in [-0.2, -0.15) is 4.98 Å². The molecule has 5 nitrogen and oxygen atoms in total. The van der Waals surface area contributed by atoms with E-state index in [9.17, 15) is 4.39 Å². The highest BCUT2D eigenvalue weighted by Crippen LogP contribution is 2.14. The summed E-state index contributed by atoms with van der Waals surface area (Å²) in [5.41, 5.74) is 1.11. The van der Waals surface area contributed by atoms with Gasteiger partial charge in [-0.25, -0.2) is 9.37 Å². The zero-order valence-corrected chi connectivity index (χ0v) is 11.5. The monoisotopic (exact) mass is 276 g/mol. The maximum atomic E-state index is 13.5. The van der Waals surface area contributed by atoms with Crippen LogP contribution in [0.1, 0.15) is 5.56 Å². The molecule has 2 rings (SSSR count). The van der Waals surface area contributed by atoms with Crippen molar-refractivity contribution in [1.82, 2.24) is 9.97 Å². The molecule has 0 amide bonds. The van der Waals surface area contributed by atoms with E-state index < -0.39 is 5.82 Å². The first-order chi connectivity index (χ1) is 9.72. The average molecular weight is 276 g/mol. The lowest BCUT2D eigenvalue weighted by atomic mass is 10.1. The van der Waals surface area contributed by atoms with E-state index in [-0.39, 0.29) is 5.82 Å². The summed E-state index contributed by atoms with van der Waals surface area (Å²) in [5.74, 6) is 0.936. The fourth-order valence-electron chi connectivity index (χ4n) is 1.76. The smallest absolute Gasteiger partial charge is 0.224 e. The third kappa shape index (κ3) is 3.57. The summed E-state index contributed by atoms with van der Waals surface area (Å²) in [6.07, 6.45) is 1.89. The van der Waals surface area contributed by atoms with Gasteiger partial charge < -0.3 is 15.4 Å². The van der Waals surface area contributed by atoms with Gasteiger partial charge in [-0.05, 0) is 24.1 Å². The fourth-order valence-corrected chi connectivity index (χ4v) is 1.76. The van der Waals surface area contributed by atoms with E-state index in [0.717, 1.165) is 23.9 Å². The molecule has 0 unspecified atom stereocenters. The van der Waals surface area contributed by atoms with Crippen LogP contribution in [-0.4, -0.2) is 30.7 Å². The molecule has 0 aliphatic carbocycles. The number of hydrogen-bond donors (Lipinski definition) is 2. The topological polar surface area (TPSA) is 59.1 Å². The second-order valence-electron chi connectivity index (χ2n) is 4.17. The van der Waals surface area contributed by atoms with Crippen LogP contribution in [0, 0.1) is 5.82 Å². The Morgan fingerprint density at radius 1 is 1.35 bits per heavy atom. The van der Waals surface area contributed by atoms with Crippen LogP contribution < -0.4 is 15.4 Å². The zero-order valence-electron chi connectivity index (χ0n) is 11.5. The summed E-state index contributed by atoms with van der Waals surface area (Å²) in [7, 11) is 3.32. The van der Waals surface area contributed by atoms with Crippen molar-refractivity contribution in [2.24, 2.45) is 0 Å². The average Bonchev–Trinajstić information content (AvgIpc) is 2.49. The number of benzene rings is 1. The molecule has 2 N–H and O–H groups in total. The van der Waals surface area contributed by atoms with Gasteiger partial charge in [0, 0.05) is 13.6 Å². The molecule has 6 heteroatoms. The highest BCUT2D eigenvalue weighted by molar-refractivity contribution is 5.41. The summed E-state index contributed by atoms with van der Waals surface area (Å²) in [4.78, 5) is 7.82. The standard InChI is InChI=1S/C14H17FN4O/c1-16-14-18-9-12(15)13(19-14)17-7-6-10-4-3-5-11(8-10)20-2/h3-5,8-9H,6-7H2,1-2H3,(H2,16,17,18,19). The second-order valence-corrected chi connectivity index (χ2v) is 4.17. The van der Waals surface area contributed by atoms with Crippen LogP contribution in [0.4, 0.5) is 16.2 Å². The first-order valence-electron chi connectivity index (χ1n) is 6.30. The lowest BCUT2D eigenvalue weighted by molar-refractivity contribution is 0.414. The first kappa shape index (κ1) is 14.0. The van der Waals surface area contributed by atoms with Crippen molar-refractivity contribution in [2.75, 3.05) is 31.3 Å². The number of hydrogen-bond acceptors (Lipinski definition) is 5. The SMILES string of the molecule is CNc1ncc(F)c(NCCc2cccc(OC)c2)n1. The fraction of sp³-hybridized carbons (Fsp3) is 0.286. The number of aromatic nitrogens is 2. The number of rotatable bonds is 6. The van der Waals surface area contributed by atoms with E-state index in [1.54, 1.807) is 14.2 Å². The van der Waals surface area contributed by atoms with Gasteiger partial charge in [0.05, 0.1) is 13.3 Å². The molecule has 106 valence electrons. The molecule has 0 saturated heterocycles. The van der Waals surface area contributed by atoms with Gasteiger partial charge in [0.25, 0.3) is 0 Å². The third-order valence-corrected chi connectivity index (χ3v) is 2.81. The Morgan fingerprint density at radius 2 is 2.20 bits per heavy atom. The summed E-state index contributed by atoms with van der Waals surface area (Å²) >= 11 is 0. The Bertz CT molecular complexity index is 577. The van der Waals surface area contributed by atoms with E-state index in [4.69, 9.17) is 4.74 Å². The van der Waals surface area contributed by atoms with Crippen molar-refractivity contribution in [3.63, 3.8) is 0 Å². The van der Waals surface area contributed by atoms with Crippen molar-refractivity contribution < 1.29 is 9.13 Å². The van der Waals surface area contributed by atoms with E-state index >= 15 is 0 Å². The lowest BCUT2D eigenvalue weighted by Crippen LogP contribution is -2.10. The molecule has 0 fully saturated rings. The summed E-state index contributed by atoms with van der Waals surface area (Å²) in [6, 6.07) is 7.77. The predicted octanol–water partition coefficient (Wildman–Crippen LogP) is 2.32. The molecule has 1 aromatic carbocycles. The molecule has 0 aliphatic rings. The van der Waals surface area contributed by atoms with Crippen molar-refractivity contribution in [3.05, 3.63) is 41.8 Å². The van der Waals surface area contributed by atoms with Gasteiger partial charge >= 0.3 is 0 Å². The normalized spacial score (nSPS) is 10.2. The number of anilines is 2. The Balaban J connectivity index is 1.95. The van der Waals surface area contributed by atoms with Crippen LogP contribution in [0.2, 0.25) is 0 Å². The second kappa shape index (κ2) is 6.70. The van der Waals surface area contributed by atoms with Gasteiger partial charge in [0.2, 0.25) is 5.95 Å². The molecule has 1 aromatic heterocycles. The van der Waals surface area contributed by atoms with Gasteiger partial charge in [0.15, 0.2) is 11.6 Å². The van der Waals surface area contributed by atoms with Crippen LogP contribution in [0.15, 0.2) is 30.5 Å². The molecular weight excluding hydrogens is 259 g/mol. The minimum absolute atomic E-state index is 0.201. The molecule has 20 heavy (non-hydrogen) atoms. The minimum Gasteiger partial charge on any atom is -0.497 e. The maximum absolute atomic E-state index is 13.5. The van der Waals surface area contributed by atoms with E-state index in [1.807, 2.05) is 24.3 Å². The molecule has 0 spiro atoms. The van der Waals surface area contributed by atoms with Crippen molar-refractivity contribution in [2.45, 2.75) is 6.42 Å². The molecule has 0 bridgehead atoms. The van der Waals surface area contributed by atoms with E-state index in [1.165, 1.54) is 0 Å². The number of halogens is 1. The Morgan fingerprint density at radius 3 is 2.95 bits per heavy atom.